The van der Waals surface area contributed by atoms with Gasteiger partial charge in [0.1, 0.15) is 12.0 Å². The summed E-state index contributed by atoms with van der Waals surface area (Å²) >= 11 is 1.66. The zero-order valence-corrected chi connectivity index (χ0v) is 14.6. The van der Waals surface area contributed by atoms with Gasteiger partial charge in [0.15, 0.2) is 6.61 Å². The molecule has 6 heteroatoms. The molecule has 2 aromatic rings. The normalized spacial score (nSPS) is 15.2. The fourth-order valence-corrected chi connectivity index (χ4v) is 3.32. The van der Waals surface area contributed by atoms with Gasteiger partial charge in [-0.3, -0.25) is 15.4 Å². The summed E-state index contributed by atoms with van der Waals surface area (Å²) in [6.07, 6.45) is 0.923. The molecule has 1 aromatic heterocycles. The van der Waals surface area contributed by atoms with Crippen molar-refractivity contribution in [3.8, 4) is 5.75 Å². The number of thiophene rings is 1. The molecule has 1 aliphatic rings. The van der Waals surface area contributed by atoms with Crippen molar-refractivity contribution in [3.63, 3.8) is 0 Å². The highest BCUT2D eigenvalue weighted by Crippen LogP contribution is 2.15. The molecule has 3 rings (SSSR count). The maximum absolute atomic E-state index is 12.7. The summed E-state index contributed by atoms with van der Waals surface area (Å²) in [7, 11) is 0. The van der Waals surface area contributed by atoms with Crippen molar-refractivity contribution in [2.75, 3.05) is 19.7 Å². The van der Waals surface area contributed by atoms with Crippen molar-refractivity contribution in [1.29, 1.82) is 0 Å². The van der Waals surface area contributed by atoms with Gasteiger partial charge in [-0.25, -0.2) is 0 Å². The predicted octanol–water partition coefficient (Wildman–Crippen LogP) is 2.33. The zero-order chi connectivity index (χ0) is 16.8. The Morgan fingerprint density at radius 1 is 1.25 bits per heavy atom. The average molecular weight is 345 g/mol. The van der Waals surface area contributed by atoms with E-state index in [1.54, 1.807) is 11.3 Å². The highest BCUT2D eigenvalue weighted by molar-refractivity contribution is 7.09. The van der Waals surface area contributed by atoms with Gasteiger partial charge in [0.2, 0.25) is 0 Å². The summed E-state index contributed by atoms with van der Waals surface area (Å²) in [6, 6.07) is 11.8. The van der Waals surface area contributed by atoms with Crippen LogP contribution in [0, 0.1) is 6.92 Å². The van der Waals surface area contributed by atoms with Crippen LogP contribution in [0.5, 0.6) is 5.75 Å². The number of nitrogens with one attached hydrogen (secondary N) is 2. The molecule has 2 N–H and O–H groups in total. The largest absolute Gasteiger partial charge is 0.484 e. The molecule has 1 aliphatic heterocycles. The van der Waals surface area contributed by atoms with E-state index >= 15 is 0 Å². The van der Waals surface area contributed by atoms with Crippen LogP contribution >= 0.6 is 11.3 Å². The Morgan fingerprint density at radius 2 is 2.00 bits per heavy atom. The van der Waals surface area contributed by atoms with E-state index in [0.29, 0.717) is 6.54 Å². The predicted molar refractivity (Wildman–Crippen MR) is 96.0 cm³/mol. The topological polar surface area (TPSA) is 53.6 Å². The third kappa shape index (κ3) is 4.56. The molecule has 2 heterocycles. The van der Waals surface area contributed by atoms with Crippen LogP contribution in [0.1, 0.15) is 16.9 Å². The smallest absolute Gasteiger partial charge is 0.263 e. The maximum atomic E-state index is 12.7. The van der Waals surface area contributed by atoms with E-state index in [4.69, 9.17) is 4.74 Å². The summed E-state index contributed by atoms with van der Waals surface area (Å²) in [5.74, 6) is 0.686. The quantitative estimate of drug-likeness (QED) is 0.844. The van der Waals surface area contributed by atoms with Crippen LogP contribution in [0.15, 0.2) is 41.8 Å². The lowest BCUT2D eigenvalue weighted by molar-refractivity contribution is -0.138. The Kier molecular flexibility index (Phi) is 5.85. The molecule has 0 radical (unpaired) electrons. The zero-order valence-electron chi connectivity index (χ0n) is 13.8. The summed E-state index contributed by atoms with van der Waals surface area (Å²) in [6.45, 7) is 4.46. The van der Waals surface area contributed by atoms with Gasteiger partial charge >= 0.3 is 0 Å². The molecule has 5 nitrogen and oxygen atoms in total. The molecular weight excluding hydrogens is 322 g/mol. The monoisotopic (exact) mass is 345 g/mol. The molecule has 1 aromatic carbocycles. The van der Waals surface area contributed by atoms with Crippen molar-refractivity contribution in [1.82, 2.24) is 15.5 Å². The summed E-state index contributed by atoms with van der Waals surface area (Å²) < 4.78 is 5.67. The van der Waals surface area contributed by atoms with Crippen LogP contribution in [0.3, 0.4) is 0 Å². The van der Waals surface area contributed by atoms with Crippen molar-refractivity contribution in [2.24, 2.45) is 0 Å². The molecule has 0 saturated carbocycles. The lowest BCUT2D eigenvalue weighted by Gasteiger charge is -2.35. The number of carbonyl (C=O) groups excluding carboxylic acids is 1. The fraction of sp³-hybridized carbons (Fsp3) is 0.389. The highest BCUT2D eigenvalue weighted by atomic mass is 32.1. The standard InChI is InChI=1S/C18H23N3O2S/c1-14-5-7-15(8-6-14)23-13-17(22)21(12-16-4-2-11-24-16)18-19-9-3-10-20-18/h2,4-8,11,18-20H,3,9-10,12-13H2,1H3. The SMILES string of the molecule is Cc1ccc(OCC(=O)N(Cc2cccs2)C2NCCCN2)cc1. The molecule has 128 valence electrons. The Balaban J connectivity index is 1.64. The first kappa shape index (κ1) is 17.0. The number of rotatable bonds is 6. The van der Waals surface area contributed by atoms with Gasteiger partial charge in [-0.05, 0) is 50.0 Å². The van der Waals surface area contributed by atoms with Crippen LogP contribution in [-0.4, -0.2) is 36.8 Å². The second kappa shape index (κ2) is 8.28. The summed E-state index contributed by atoms with van der Waals surface area (Å²) in [5.41, 5.74) is 1.17. The van der Waals surface area contributed by atoms with Crippen LogP contribution in [0.4, 0.5) is 0 Å². The van der Waals surface area contributed by atoms with Crippen LogP contribution < -0.4 is 15.4 Å². The van der Waals surface area contributed by atoms with Crippen molar-refractivity contribution < 1.29 is 9.53 Å². The summed E-state index contributed by atoms with van der Waals surface area (Å²) in [5, 5.41) is 8.75. The third-order valence-electron chi connectivity index (χ3n) is 3.95. The van der Waals surface area contributed by atoms with Crippen molar-refractivity contribution in [3.05, 3.63) is 52.2 Å². The van der Waals surface area contributed by atoms with E-state index in [-0.39, 0.29) is 18.8 Å². The minimum Gasteiger partial charge on any atom is -0.484 e. The number of benzene rings is 1. The molecule has 24 heavy (non-hydrogen) atoms. The van der Waals surface area contributed by atoms with E-state index < -0.39 is 0 Å². The van der Waals surface area contributed by atoms with Gasteiger partial charge in [-0.2, -0.15) is 0 Å². The first-order chi connectivity index (χ1) is 11.7. The molecular formula is C18H23N3O2S. The minimum atomic E-state index is -0.144. The maximum Gasteiger partial charge on any atom is 0.263 e. The van der Waals surface area contributed by atoms with Crippen molar-refractivity contribution >= 4 is 17.2 Å². The second-order valence-corrected chi connectivity index (χ2v) is 6.90. The van der Waals surface area contributed by atoms with E-state index in [9.17, 15) is 4.79 Å². The third-order valence-corrected chi connectivity index (χ3v) is 4.81. The average Bonchev–Trinajstić information content (AvgIpc) is 3.13. The molecule has 0 unspecified atom stereocenters. The Labute approximate surface area is 146 Å². The number of aryl methyl sites for hydroxylation is 1. The number of amides is 1. The van der Waals surface area contributed by atoms with Crippen molar-refractivity contribution in [2.45, 2.75) is 26.2 Å². The Bertz CT molecular complexity index is 637. The molecule has 0 atom stereocenters. The van der Waals surface area contributed by atoms with Crippen LogP contribution in [-0.2, 0) is 11.3 Å². The van der Waals surface area contributed by atoms with Gasteiger partial charge in [0.25, 0.3) is 5.91 Å². The fourth-order valence-electron chi connectivity index (χ4n) is 2.61. The lowest BCUT2D eigenvalue weighted by Crippen LogP contribution is -2.60. The van der Waals surface area contributed by atoms with Crippen LogP contribution in [0.25, 0.3) is 0 Å². The molecule has 0 bridgehead atoms. The Hall–Kier alpha value is -1.89. The number of ether oxygens (including phenoxy) is 1. The molecule has 0 aliphatic carbocycles. The van der Waals surface area contributed by atoms with Gasteiger partial charge in [0, 0.05) is 4.88 Å². The number of hydrogen-bond acceptors (Lipinski definition) is 5. The van der Waals surface area contributed by atoms with Gasteiger partial charge in [-0.1, -0.05) is 23.8 Å². The molecule has 0 spiro atoms. The summed E-state index contributed by atoms with van der Waals surface area (Å²) in [4.78, 5) is 15.7. The van der Waals surface area contributed by atoms with E-state index in [2.05, 4.69) is 16.7 Å². The molecule has 1 amide bonds. The Morgan fingerprint density at radius 3 is 2.67 bits per heavy atom. The minimum absolute atomic E-state index is 0.0316. The van der Waals surface area contributed by atoms with E-state index in [1.807, 2.05) is 47.5 Å². The number of nitrogens with zero attached hydrogens (tertiary/aromatic N) is 1. The molecule has 1 fully saturated rings. The second-order valence-electron chi connectivity index (χ2n) is 5.87. The molecule has 1 saturated heterocycles. The first-order valence-corrected chi connectivity index (χ1v) is 9.08. The lowest BCUT2D eigenvalue weighted by atomic mass is 10.2. The first-order valence-electron chi connectivity index (χ1n) is 8.20. The van der Waals surface area contributed by atoms with Gasteiger partial charge < -0.3 is 9.64 Å². The van der Waals surface area contributed by atoms with E-state index in [1.165, 1.54) is 5.56 Å². The number of carbonyl (C=O) groups is 1. The van der Waals surface area contributed by atoms with Gasteiger partial charge in [-0.15, -0.1) is 11.3 Å². The van der Waals surface area contributed by atoms with Gasteiger partial charge in [0.05, 0.1) is 6.54 Å². The van der Waals surface area contributed by atoms with Crippen LogP contribution in [0.2, 0.25) is 0 Å². The number of hydrogen-bond donors (Lipinski definition) is 2. The van der Waals surface area contributed by atoms with E-state index in [0.717, 1.165) is 30.1 Å². The highest BCUT2D eigenvalue weighted by Gasteiger charge is 2.25.